The van der Waals surface area contributed by atoms with E-state index in [9.17, 15) is 0 Å². The first-order valence-electron chi connectivity index (χ1n) is 6.43. The summed E-state index contributed by atoms with van der Waals surface area (Å²) in [7, 11) is 0. The number of allylic oxidation sites excluding steroid dienone is 2. The quantitative estimate of drug-likeness (QED) is 0.424. The fourth-order valence-corrected chi connectivity index (χ4v) is 2.07. The number of ether oxygens (including phenoxy) is 1. The Morgan fingerprint density at radius 1 is 1.38 bits per heavy atom. The maximum absolute atomic E-state index is 5.81. The van der Waals surface area contributed by atoms with Crippen LogP contribution >= 0.6 is 15.9 Å². The third-order valence-corrected chi connectivity index (χ3v) is 3.58. The van der Waals surface area contributed by atoms with Gasteiger partial charge < -0.3 is 4.74 Å². The average molecular weight is 291 g/mol. The minimum atomic E-state index is 0.0878. The normalized spacial score (nSPS) is 16.2. The molecule has 0 aromatic carbocycles. The zero-order chi connectivity index (χ0) is 12.4. The van der Waals surface area contributed by atoms with Gasteiger partial charge in [-0.15, -0.1) is 0 Å². The largest absolute Gasteiger partial charge is 0.376 e. The Kier molecular flexibility index (Phi) is 9.34. The highest BCUT2D eigenvalue weighted by atomic mass is 79.9. The number of hydrogen-bond donors (Lipinski definition) is 0. The van der Waals surface area contributed by atoms with Crippen molar-refractivity contribution >= 4 is 15.9 Å². The summed E-state index contributed by atoms with van der Waals surface area (Å²) in [4.78, 5) is 0. The van der Waals surface area contributed by atoms with Gasteiger partial charge in [-0.3, -0.25) is 0 Å². The smallest absolute Gasteiger partial charge is 0.0651 e. The summed E-state index contributed by atoms with van der Waals surface area (Å²) in [5, 5.41) is 1.07. The molecule has 16 heavy (non-hydrogen) atoms. The molecule has 0 spiro atoms. The van der Waals surface area contributed by atoms with Crippen LogP contribution in [0.2, 0.25) is 0 Å². The van der Waals surface area contributed by atoms with Crippen molar-refractivity contribution in [3.05, 3.63) is 11.6 Å². The molecule has 0 aromatic heterocycles. The van der Waals surface area contributed by atoms with Crippen LogP contribution in [0, 0.1) is 0 Å². The number of halogens is 1. The minimum Gasteiger partial charge on any atom is -0.376 e. The van der Waals surface area contributed by atoms with Gasteiger partial charge in [0, 0.05) is 11.9 Å². The molecule has 0 bridgehead atoms. The van der Waals surface area contributed by atoms with Gasteiger partial charge in [0.15, 0.2) is 0 Å². The Hall–Kier alpha value is 0.180. The van der Waals surface area contributed by atoms with Crippen molar-refractivity contribution in [1.82, 2.24) is 0 Å². The Morgan fingerprint density at radius 3 is 2.56 bits per heavy atom. The van der Waals surface area contributed by atoms with Crippen molar-refractivity contribution in [3.63, 3.8) is 0 Å². The van der Waals surface area contributed by atoms with Crippen LogP contribution in [0.4, 0.5) is 0 Å². The van der Waals surface area contributed by atoms with E-state index >= 15 is 0 Å². The minimum absolute atomic E-state index is 0.0878. The molecule has 0 aliphatic carbocycles. The van der Waals surface area contributed by atoms with Crippen LogP contribution in [0.3, 0.4) is 0 Å². The van der Waals surface area contributed by atoms with Gasteiger partial charge in [-0.1, -0.05) is 34.5 Å². The van der Waals surface area contributed by atoms with Gasteiger partial charge in [-0.2, -0.15) is 0 Å². The van der Waals surface area contributed by atoms with Crippen molar-refractivity contribution < 1.29 is 4.74 Å². The molecule has 0 aliphatic rings. The van der Waals surface area contributed by atoms with E-state index in [1.165, 1.54) is 18.4 Å². The second-order valence-corrected chi connectivity index (χ2v) is 5.41. The van der Waals surface area contributed by atoms with Gasteiger partial charge in [-0.25, -0.2) is 0 Å². The lowest BCUT2D eigenvalue weighted by Gasteiger charge is -2.28. The molecule has 1 unspecified atom stereocenters. The Bertz CT molecular complexity index is 201. The molecule has 0 amide bonds. The van der Waals surface area contributed by atoms with Crippen molar-refractivity contribution in [2.45, 2.75) is 65.4 Å². The van der Waals surface area contributed by atoms with Crippen molar-refractivity contribution in [2.24, 2.45) is 0 Å². The van der Waals surface area contributed by atoms with Crippen molar-refractivity contribution in [2.75, 3.05) is 11.9 Å². The summed E-state index contributed by atoms with van der Waals surface area (Å²) < 4.78 is 5.81. The molecule has 0 aromatic rings. The average Bonchev–Trinajstić information content (AvgIpc) is 2.26. The molecule has 0 radical (unpaired) electrons. The highest BCUT2D eigenvalue weighted by Gasteiger charge is 2.21. The van der Waals surface area contributed by atoms with E-state index in [1.807, 2.05) is 0 Å². The Balaban J connectivity index is 3.86. The van der Waals surface area contributed by atoms with E-state index in [2.05, 4.69) is 49.7 Å². The van der Waals surface area contributed by atoms with Crippen LogP contribution < -0.4 is 0 Å². The zero-order valence-corrected chi connectivity index (χ0v) is 12.9. The molecule has 1 nitrogen and oxygen atoms in total. The molecule has 1 atom stereocenters. The van der Waals surface area contributed by atoms with Crippen LogP contribution in [0.1, 0.15) is 59.8 Å². The van der Waals surface area contributed by atoms with E-state index in [0.29, 0.717) is 0 Å². The van der Waals surface area contributed by atoms with Gasteiger partial charge in [0.25, 0.3) is 0 Å². The third-order valence-electron chi connectivity index (χ3n) is 3.12. The van der Waals surface area contributed by atoms with E-state index in [1.54, 1.807) is 0 Å². The lowest BCUT2D eigenvalue weighted by atomic mass is 9.94. The first kappa shape index (κ1) is 16.2. The van der Waals surface area contributed by atoms with Gasteiger partial charge in [0.1, 0.15) is 0 Å². The van der Waals surface area contributed by atoms with Crippen LogP contribution in [0.5, 0.6) is 0 Å². The second-order valence-electron chi connectivity index (χ2n) is 4.62. The standard InChI is InChI=1S/C14H27BrO/c1-5-14(4,16-6-2)11-7-9-13(3)10-8-12-15/h10H,5-9,11-12H2,1-4H3/b13-10+. The summed E-state index contributed by atoms with van der Waals surface area (Å²) in [6, 6.07) is 0. The van der Waals surface area contributed by atoms with Crippen LogP contribution in [0.15, 0.2) is 11.6 Å². The van der Waals surface area contributed by atoms with E-state index in [-0.39, 0.29) is 5.60 Å². The number of hydrogen-bond acceptors (Lipinski definition) is 1. The first-order valence-corrected chi connectivity index (χ1v) is 7.55. The fourth-order valence-electron chi connectivity index (χ4n) is 1.84. The molecular weight excluding hydrogens is 264 g/mol. The van der Waals surface area contributed by atoms with Crippen LogP contribution in [0.25, 0.3) is 0 Å². The molecule has 0 N–H and O–H groups in total. The topological polar surface area (TPSA) is 9.23 Å². The molecule has 96 valence electrons. The third kappa shape index (κ3) is 7.45. The van der Waals surface area contributed by atoms with Gasteiger partial charge in [0.2, 0.25) is 0 Å². The van der Waals surface area contributed by atoms with Crippen LogP contribution in [-0.2, 0) is 4.74 Å². The molecule has 0 rings (SSSR count). The predicted molar refractivity (Wildman–Crippen MR) is 76.3 cm³/mol. The summed E-state index contributed by atoms with van der Waals surface area (Å²) in [6.45, 7) is 9.57. The van der Waals surface area contributed by atoms with Gasteiger partial charge in [-0.05, 0) is 52.9 Å². The molecular formula is C14H27BrO. The Morgan fingerprint density at radius 2 is 2.06 bits per heavy atom. The van der Waals surface area contributed by atoms with E-state index in [4.69, 9.17) is 4.74 Å². The highest BCUT2D eigenvalue weighted by Crippen LogP contribution is 2.23. The summed E-state index contributed by atoms with van der Waals surface area (Å²) in [6.07, 6.45) is 8.17. The zero-order valence-electron chi connectivity index (χ0n) is 11.3. The van der Waals surface area contributed by atoms with Crippen LogP contribution in [-0.4, -0.2) is 17.5 Å². The number of alkyl halides is 1. The predicted octanol–water partition coefficient (Wildman–Crippen LogP) is 5.09. The highest BCUT2D eigenvalue weighted by molar-refractivity contribution is 9.09. The summed E-state index contributed by atoms with van der Waals surface area (Å²) in [5.41, 5.74) is 1.60. The Labute approximate surface area is 110 Å². The van der Waals surface area contributed by atoms with Crippen molar-refractivity contribution in [3.8, 4) is 0 Å². The monoisotopic (exact) mass is 290 g/mol. The van der Waals surface area contributed by atoms with E-state index in [0.717, 1.165) is 31.2 Å². The maximum Gasteiger partial charge on any atom is 0.0651 e. The lowest BCUT2D eigenvalue weighted by Crippen LogP contribution is -2.27. The molecule has 0 aliphatic heterocycles. The summed E-state index contributed by atoms with van der Waals surface area (Å²) in [5.74, 6) is 0. The molecule has 0 saturated carbocycles. The molecule has 2 heteroatoms. The molecule has 0 fully saturated rings. The van der Waals surface area contributed by atoms with E-state index < -0.39 is 0 Å². The molecule has 0 heterocycles. The second kappa shape index (κ2) is 9.23. The SMILES string of the molecule is CCOC(C)(CC)CCC/C(C)=C/CCBr. The first-order chi connectivity index (χ1) is 7.58. The fraction of sp³-hybridized carbons (Fsp3) is 0.857. The lowest BCUT2D eigenvalue weighted by molar-refractivity contribution is -0.0348. The summed E-state index contributed by atoms with van der Waals surface area (Å²) >= 11 is 3.44. The maximum atomic E-state index is 5.81. The number of rotatable bonds is 9. The van der Waals surface area contributed by atoms with Gasteiger partial charge in [0.05, 0.1) is 5.60 Å². The van der Waals surface area contributed by atoms with Crippen molar-refractivity contribution in [1.29, 1.82) is 0 Å². The molecule has 0 saturated heterocycles. The van der Waals surface area contributed by atoms with Gasteiger partial charge >= 0.3 is 0 Å².